The summed E-state index contributed by atoms with van der Waals surface area (Å²) in [6.07, 6.45) is 0.668. The van der Waals surface area contributed by atoms with Crippen molar-refractivity contribution in [2.75, 3.05) is 13.2 Å². The molecule has 1 aromatic heterocycles. The first-order valence-electron chi connectivity index (χ1n) is 8.47. The fourth-order valence-corrected chi connectivity index (χ4v) is 4.08. The first kappa shape index (κ1) is 16.6. The Kier molecular flexibility index (Phi) is 4.27. The highest BCUT2D eigenvalue weighted by molar-refractivity contribution is 5.23. The van der Waals surface area contributed by atoms with Gasteiger partial charge in [0.1, 0.15) is 0 Å². The lowest BCUT2D eigenvalue weighted by atomic mass is 9.77. The molecule has 0 spiro atoms. The van der Waals surface area contributed by atoms with E-state index in [9.17, 15) is 13.9 Å². The predicted octanol–water partition coefficient (Wildman–Crippen LogP) is 2.61. The number of ether oxygens (including phenoxy) is 1. The fraction of sp³-hybridized carbons (Fsp3) is 0.421. The Balaban J connectivity index is 1.60. The van der Waals surface area contributed by atoms with Crippen LogP contribution in [0.25, 0.3) is 0 Å². The molecule has 0 amide bonds. The summed E-state index contributed by atoms with van der Waals surface area (Å²) in [5.74, 6) is -1.81. The lowest BCUT2D eigenvalue weighted by molar-refractivity contribution is -0.150. The lowest BCUT2D eigenvalue weighted by Crippen LogP contribution is -2.60. The second-order valence-electron chi connectivity index (χ2n) is 6.92. The molecule has 6 heteroatoms. The molecule has 132 valence electrons. The summed E-state index contributed by atoms with van der Waals surface area (Å²) < 4.78 is 32.9. The molecule has 0 aliphatic carbocycles. The van der Waals surface area contributed by atoms with Crippen LogP contribution in [0.3, 0.4) is 0 Å². The van der Waals surface area contributed by atoms with Crippen molar-refractivity contribution in [2.45, 2.75) is 37.1 Å². The van der Waals surface area contributed by atoms with Gasteiger partial charge in [0.25, 0.3) is 0 Å². The van der Waals surface area contributed by atoms with Crippen LogP contribution in [-0.4, -0.2) is 40.3 Å². The van der Waals surface area contributed by atoms with Crippen molar-refractivity contribution in [1.82, 2.24) is 9.88 Å². The summed E-state index contributed by atoms with van der Waals surface area (Å²) in [6, 6.07) is 12.5. The number of pyridine rings is 1. The van der Waals surface area contributed by atoms with Gasteiger partial charge in [-0.1, -0.05) is 30.3 Å². The Morgan fingerprint density at radius 1 is 1.08 bits per heavy atom. The van der Waals surface area contributed by atoms with E-state index in [-0.39, 0.29) is 17.6 Å². The van der Waals surface area contributed by atoms with Crippen LogP contribution in [0.2, 0.25) is 0 Å². The van der Waals surface area contributed by atoms with Gasteiger partial charge in [-0.2, -0.15) is 13.8 Å². The number of aliphatic hydroxyl groups is 1. The number of hydrogen-bond acceptors (Lipinski definition) is 4. The second-order valence-corrected chi connectivity index (χ2v) is 6.92. The maximum absolute atomic E-state index is 14.1. The smallest absolute Gasteiger partial charge is 0.221 e. The van der Waals surface area contributed by atoms with Gasteiger partial charge in [0.05, 0.1) is 18.8 Å². The van der Waals surface area contributed by atoms with E-state index < -0.39 is 17.5 Å². The third kappa shape index (κ3) is 3.17. The number of piperidine rings is 1. The minimum atomic E-state index is -1.35. The number of morpholine rings is 1. The molecule has 2 bridgehead atoms. The normalized spacial score (nSPS) is 29.6. The van der Waals surface area contributed by atoms with Crippen molar-refractivity contribution in [3.05, 3.63) is 65.5 Å². The summed E-state index contributed by atoms with van der Waals surface area (Å²) in [5.41, 5.74) is -0.0819. The molecule has 0 saturated carbocycles. The van der Waals surface area contributed by atoms with Gasteiger partial charge in [-0.05, 0) is 30.5 Å². The molecule has 25 heavy (non-hydrogen) atoms. The molecule has 2 saturated heterocycles. The van der Waals surface area contributed by atoms with Crippen molar-refractivity contribution in [1.29, 1.82) is 0 Å². The lowest BCUT2D eigenvalue weighted by Gasteiger charge is -2.51. The fourth-order valence-electron chi connectivity index (χ4n) is 4.08. The summed E-state index contributed by atoms with van der Waals surface area (Å²) in [4.78, 5) is 5.56. The van der Waals surface area contributed by atoms with E-state index >= 15 is 0 Å². The quantitative estimate of drug-likeness (QED) is 0.868. The van der Waals surface area contributed by atoms with Gasteiger partial charge < -0.3 is 9.84 Å². The van der Waals surface area contributed by atoms with Crippen molar-refractivity contribution in [3.8, 4) is 0 Å². The molecule has 3 heterocycles. The molecular formula is C19H20F2N2O2. The summed E-state index contributed by atoms with van der Waals surface area (Å²) in [6.45, 7) is 1.74. The Labute approximate surface area is 145 Å². The predicted molar refractivity (Wildman–Crippen MR) is 87.7 cm³/mol. The number of rotatable bonds is 3. The first-order chi connectivity index (χ1) is 12.0. The molecule has 1 N–H and O–H groups in total. The van der Waals surface area contributed by atoms with E-state index in [1.165, 1.54) is 11.6 Å². The highest BCUT2D eigenvalue weighted by Gasteiger charge is 2.48. The highest BCUT2D eigenvalue weighted by atomic mass is 19.1. The van der Waals surface area contributed by atoms with Gasteiger partial charge in [0.2, 0.25) is 11.9 Å². The molecule has 2 aromatic rings. The molecule has 4 nitrogen and oxygen atoms in total. The van der Waals surface area contributed by atoms with Crippen molar-refractivity contribution in [2.24, 2.45) is 0 Å². The minimum Gasteiger partial charge on any atom is -0.385 e. The molecule has 2 fully saturated rings. The van der Waals surface area contributed by atoms with E-state index in [4.69, 9.17) is 4.74 Å². The van der Waals surface area contributed by atoms with Crippen molar-refractivity contribution < 1.29 is 18.6 Å². The zero-order valence-electron chi connectivity index (χ0n) is 13.7. The Bertz CT molecular complexity index is 742. The second kappa shape index (κ2) is 6.44. The van der Waals surface area contributed by atoms with Crippen LogP contribution in [-0.2, 0) is 16.9 Å². The molecule has 2 unspecified atom stereocenters. The molecule has 2 atom stereocenters. The van der Waals surface area contributed by atoms with Gasteiger partial charge in [0, 0.05) is 24.2 Å². The average molecular weight is 346 g/mol. The number of benzene rings is 1. The Morgan fingerprint density at radius 2 is 1.76 bits per heavy atom. The van der Waals surface area contributed by atoms with Crippen molar-refractivity contribution >= 4 is 0 Å². The van der Waals surface area contributed by atoms with E-state index in [1.807, 2.05) is 18.2 Å². The number of fused-ring (bicyclic) bond motifs is 2. The average Bonchev–Trinajstić information content (AvgIpc) is 2.57. The summed E-state index contributed by atoms with van der Waals surface area (Å²) in [7, 11) is 0. The van der Waals surface area contributed by atoms with Gasteiger partial charge >= 0.3 is 0 Å². The first-order valence-corrected chi connectivity index (χ1v) is 8.47. The van der Waals surface area contributed by atoms with Gasteiger partial charge in [-0.3, -0.25) is 4.90 Å². The van der Waals surface area contributed by atoms with Gasteiger partial charge in [-0.15, -0.1) is 0 Å². The maximum Gasteiger partial charge on any atom is 0.221 e. The maximum atomic E-state index is 14.1. The van der Waals surface area contributed by atoms with Crippen LogP contribution in [0.15, 0.2) is 42.5 Å². The van der Waals surface area contributed by atoms with E-state index in [2.05, 4.69) is 22.0 Å². The minimum absolute atomic E-state index is 0.0258. The third-order valence-electron chi connectivity index (χ3n) is 5.23. The Morgan fingerprint density at radius 3 is 2.40 bits per heavy atom. The molecular weight excluding hydrogens is 326 g/mol. The van der Waals surface area contributed by atoms with Crippen LogP contribution < -0.4 is 0 Å². The Hall–Kier alpha value is -1.89. The van der Waals surface area contributed by atoms with E-state index in [1.54, 1.807) is 0 Å². The van der Waals surface area contributed by atoms with Crippen molar-refractivity contribution in [3.63, 3.8) is 0 Å². The number of nitrogens with zero attached hydrogens (tertiary/aromatic N) is 2. The van der Waals surface area contributed by atoms with Crippen LogP contribution in [0.5, 0.6) is 0 Å². The summed E-state index contributed by atoms with van der Waals surface area (Å²) in [5, 5.41) is 11.1. The number of hydrogen-bond donors (Lipinski definition) is 1. The zero-order valence-corrected chi connectivity index (χ0v) is 13.7. The van der Waals surface area contributed by atoms with Gasteiger partial charge in [-0.25, -0.2) is 0 Å². The third-order valence-corrected chi connectivity index (χ3v) is 5.23. The topological polar surface area (TPSA) is 45.6 Å². The highest BCUT2D eigenvalue weighted by Crippen LogP contribution is 2.42. The molecule has 4 rings (SSSR count). The molecule has 1 aromatic carbocycles. The molecule has 2 aliphatic heterocycles. The molecule has 0 radical (unpaired) electrons. The van der Waals surface area contributed by atoms with Crippen LogP contribution in [0.1, 0.15) is 24.0 Å². The van der Waals surface area contributed by atoms with Crippen LogP contribution >= 0.6 is 0 Å². The van der Waals surface area contributed by atoms with Crippen LogP contribution in [0.4, 0.5) is 8.78 Å². The molecule has 2 aliphatic rings. The van der Waals surface area contributed by atoms with E-state index in [0.29, 0.717) is 26.1 Å². The summed E-state index contributed by atoms with van der Waals surface area (Å²) >= 11 is 0. The zero-order chi connectivity index (χ0) is 17.4. The SMILES string of the molecule is OC1(c2ccc(F)nc2F)CC2COCC(C1)N2Cc1ccccc1. The van der Waals surface area contributed by atoms with Crippen LogP contribution in [0, 0.1) is 11.9 Å². The van der Waals surface area contributed by atoms with E-state index in [0.717, 1.165) is 12.6 Å². The number of aromatic nitrogens is 1. The standard InChI is InChI=1S/C19H20F2N2O2/c20-17-7-6-16(18(21)22-17)19(24)8-14-11-25-12-15(9-19)23(14)10-13-4-2-1-3-5-13/h1-7,14-15,24H,8-12H2. The number of halogens is 2. The largest absolute Gasteiger partial charge is 0.385 e. The van der Waals surface area contributed by atoms with Gasteiger partial charge in [0.15, 0.2) is 0 Å². The monoisotopic (exact) mass is 346 g/mol.